The van der Waals surface area contributed by atoms with Gasteiger partial charge < -0.3 is 4.57 Å². The van der Waals surface area contributed by atoms with Gasteiger partial charge in [-0.1, -0.05) is 61.7 Å². The molecule has 4 aromatic carbocycles. The van der Waals surface area contributed by atoms with E-state index in [1.54, 1.807) is 0 Å². The summed E-state index contributed by atoms with van der Waals surface area (Å²) in [5.41, 5.74) is 3.97. The molecule has 158 valence electrons. The Morgan fingerprint density at radius 3 is 1.91 bits per heavy atom. The Morgan fingerprint density at radius 1 is 0.844 bits per heavy atom. The Hall–Kier alpha value is -1.99. The molecule has 0 bridgehead atoms. The van der Waals surface area contributed by atoms with Gasteiger partial charge in [-0.15, -0.1) is 41.1 Å². The molecule has 0 aliphatic heterocycles. The summed E-state index contributed by atoms with van der Waals surface area (Å²) in [7, 11) is 9.87. The molecule has 1 aliphatic carbocycles. The molecule has 0 radical (unpaired) electrons. The van der Waals surface area contributed by atoms with Crippen LogP contribution in [0.1, 0.15) is 13.8 Å². The van der Waals surface area contributed by atoms with Gasteiger partial charge >= 0.3 is 37.9 Å². The van der Waals surface area contributed by atoms with Crippen molar-refractivity contribution in [3.63, 3.8) is 0 Å². The molecule has 4 heteroatoms. The maximum atomic E-state index is 4.93. The zero-order valence-corrected chi connectivity index (χ0v) is 22.0. The Bertz CT molecular complexity index is 1300. The fourth-order valence-corrected chi connectivity index (χ4v) is 4.06. The van der Waals surface area contributed by atoms with Gasteiger partial charge in [0.1, 0.15) is 0 Å². The number of hydrogen-bond donors (Lipinski definition) is 0. The Labute approximate surface area is 208 Å². The standard InChI is InChI=1S/C21H14N.C7H9.2ClH.Zr/c1-2-8-16-14-17(13-15(16)7-1)22-20-11-5-3-9-18(20)19-10-4-6-12-21(19)22;1-7(2)5-3-4-6-7;;;/h1-14H;3-5H,1-2H3;2*1H;/q2*-1;;;+4/p-2. The number of benzene rings is 3. The molecular formula is C28H23Cl2NZr. The molecule has 0 unspecified atom stereocenters. The van der Waals surface area contributed by atoms with Gasteiger partial charge in [0.25, 0.3) is 0 Å². The third-order valence-corrected chi connectivity index (χ3v) is 5.51. The summed E-state index contributed by atoms with van der Waals surface area (Å²) in [6.07, 6.45) is 9.28. The average molecular weight is 536 g/mol. The molecule has 0 atom stereocenters. The predicted molar refractivity (Wildman–Crippen MR) is 136 cm³/mol. The van der Waals surface area contributed by atoms with Gasteiger partial charge in [-0.05, 0) is 17.8 Å². The number of allylic oxidation sites excluding steroid dienone is 4. The molecule has 32 heavy (non-hydrogen) atoms. The van der Waals surface area contributed by atoms with Gasteiger partial charge in [0.15, 0.2) is 0 Å². The van der Waals surface area contributed by atoms with Crippen LogP contribution in [0.15, 0.2) is 103 Å². The molecule has 0 fully saturated rings. The topological polar surface area (TPSA) is 4.93 Å². The third kappa shape index (κ3) is 4.99. The molecule has 1 nitrogen and oxygen atoms in total. The molecule has 1 heterocycles. The van der Waals surface area contributed by atoms with Crippen molar-refractivity contribution in [2.75, 3.05) is 0 Å². The van der Waals surface area contributed by atoms with Crippen molar-refractivity contribution in [3.8, 4) is 5.69 Å². The zero-order chi connectivity index (χ0) is 22.6. The molecule has 0 saturated carbocycles. The van der Waals surface area contributed by atoms with Crippen molar-refractivity contribution in [2.45, 2.75) is 13.8 Å². The summed E-state index contributed by atoms with van der Waals surface area (Å²) < 4.78 is 2.37. The summed E-state index contributed by atoms with van der Waals surface area (Å²) in [5, 5.41) is 5.20. The van der Waals surface area contributed by atoms with Crippen LogP contribution in [0.3, 0.4) is 0 Å². The van der Waals surface area contributed by atoms with Gasteiger partial charge in [-0.25, -0.2) is 12.2 Å². The summed E-state index contributed by atoms with van der Waals surface area (Å²) >= 11 is -0.826. The number of nitrogens with zero attached hydrogens (tertiary/aromatic N) is 1. The largest absolute Gasteiger partial charge is 0.328 e. The average Bonchev–Trinajstić information content (AvgIpc) is 3.49. The number of rotatable bonds is 1. The summed E-state index contributed by atoms with van der Waals surface area (Å²) in [4.78, 5) is 0. The van der Waals surface area contributed by atoms with E-state index in [4.69, 9.17) is 17.0 Å². The SMILES string of the molecule is CC1(C)[C-]=CC=C1.[Cl][Zr+2][Cl].c1ccc2[cH-]c(-n3c4ccccc4c4ccccc43)cc2c1. The predicted octanol–water partition coefficient (Wildman–Crippen LogP) is 8.97. The van der Waals surface area contributed by atoms with Gasteiger partial charge in [0.2, 0.25) is 0 Å². The van der Waals surface area contributed by atoms with Crippen LogP contribution in [0.25, 0.3) is 38.3 Å². The van der Waals surface area contributed by atoms with E-state index in [0.29, 0.717) is 0 Å². The summed E-state index contributed by atoms with van der Waals surface area (Å²) in [5.74, 6) is 0. The van der Waals surface area contributed by atoms with E-state index < -0.39 is 20.8 Å². The maximum absolute atomic E-state index is 4.93. The van der Waals surface area contributed by atoms with E-state index in [0.717, 1.165) is 0 Å². The van der Waals surface area contributed by atoms with Crippen LogP contribution in [-0.2, 0) is 20.8 Å². The maximum Gasteiger partial charge on any atom is 0.0523 e. The molecule has 0 saturated heterocycles. The first-order valence-electron chi connectivity index (χ1n) is 10.4. The Kier molecular flexibility index (Phi) is 7.46. The van der Waals surface area contributed by atoms with E-state index in [-0.39, 0.29) is 5.41 Å². The molecule has 1 aromatic heterocycles. The monoisotopic (exact) mass is 533 g/mol. The van der Waals surface area contributed by atoms with Crippen molar-refractivity contribution in [1.82, 2.24) is 4.57 Å². The second-order valence-corrected chi connectivity index (χ2v) is 11.9. The van der Waals surface area contributed by atoms with Crippen molar-refractivity contribution >= 4 is 49.6 Å². The molecular weight excluding hydrogens is 512 g/mol. The van der Waals surface area contributed by atoms with E-state index >= 15 is 0 Å². The molecule has 1 aliphatic rings. The molecule has 6 rings (SSSR count). The van der Waals surface area contributed by atoms with E-state index in [9.17, 15) is 0 Å². The van der Waals surface area contributed by atoms with Crippen molar-refractivity contribution in [1.29, 1.82) is 0 Å². The van der Waals surface area contributed by atoms with Crippen molar-refractivity contribution in [2.24, 2.45) is 5.41 Å². The van der Waals surface area contributed by atoms with Gasteiger partial charge in [-0.2, -0.15) is 6.08 Å². The molecule has 0 amide bonds. The summed E-state index contributed by atoms with van der Waals surface area (Å²) in [6, 6.07) is 30.3. The Morgan fingerprint density at radius 2 is 1.41 bits per heavy atom. The van der Waals surface area contributed by atoms with Crippen LogP contribution < -0.4 is 0 Å². The number of fused-ring (bicyclic) bond motifs is 4. The number of hydrogen-bond acceptors (Lipinski definition) is 0. The number of aromatic nitrogens is 1. The van der Waals surface area contributed by atoms with Crippen LogP contribution in [0.5, 0.6) is 0 Å². The minimum absolute atomic E-state index is 0.208. The van der Waals surface area contributed by atoms with Crippen LogP contribution in [0, 0.1) is 11.5 Å². The van der Waals surface area contributed by atoms with Crippen LogP contribution in [0.2, 0.25) is 0 Å². The Balaban J connectivity index is 0.000000206. The first kappa shape index (κ1) is 23.2. The fourth-order valence-electron chi connectivity index (χ4n) is 4.06. The van der Waals surface area contributed by atoms with E-state index in [1.807, 2.05) is 12.2 Å². The van der Waals surface area contributed by atoms with E-state index in [2.05, 4.69) is 115 Å². The van der Waals surface area contributed by atoms with Crippen LogP contribution in [0.4, 0.5) is 0 Å². The van der Waals surface area contributed by atoms with Gasteiger partial charge in [0.05, 0.1) is 11.0 Å². The van der Waals surface area contributed by atoms with E-state index in [1.165, 1.54) is 38.3 Å². The molecule has 0 spiro atoms. The van der Waals surface area contributed by atoms with Crippen LogP contribution >= 0.6 is 17.0 Å². The van der Waals surface area contributed by atoms with Gasteiger partial charge in [-0.3, -0.25) is 6.08 Å². The smallest absolute Gasteiger partial charge is 0.0523 e. The quantitative estimate of drug-likeness (QED) is 0.189. The second-order valence-electron chi connectivity index (χ2n) is 8.18. The normalized spacial score (nSPS) is 13.5. The minimum Gasteiger partial charge on any atom is -0.328 e. The van der Waals surface area contributed by atoms with Gasteiger partial charge in [0, 0.05) is 10.8 Å². The first-order chi connectivity index (χ1) is 15.5. The first-order valence-corrected chi connectivity index (χ1v) is 16.8. The molecule has 5 aromatic rings. The fraction of sp³-hybridized carbons (Fsp3) is 0.107. The van der Waals surface area contributed by atoms with Crippen molar-refractivity contribution in [3.05, 3.63) is 109 Å². The summed E-state index contributed by atoms with van der Waals surface area (Å²) in [6.45, 7) is 4.26. The minimum atomic E-state index is -0.826. The van der Waals surface area contributed by atoms with Crippen molar-refractivity contribution < 1.29 is 20.8 Å². The second kappa shape index (κ2) is 10.3. The zero-order valence-electron chi connectivity index (χ0n) is 18.0. The number of halogens is 2. The van der Waals surface area contributed by atoms with Crippen LogP contribution in [-0.4, -0.2) is 4.57 Å². The number of para-hydroxylation sites is 2. The third-order valence-electron chi connectivity index (χ3n) is 5.51. The molecule has 0 N–H and O–H groups in total.